The fourth-order valence-electron chi connectivity index (χ4n) is 4.38. The zero-order valence-corrected chi connectivity index (χ0v) is 22.6. The molecule has 10 heteroatoms. The number of alkyl halides is 1. The Bertz CT molecular complexity index is 1320. The summed E-state index contributed by atoms with van der Waals surface area (Å²) < 4.78 is 1.02. The molecule has 1 atom stereocenters. The van der Waals surface area contributed by atoms with Crippen molar-refractivity contribution < 1.29 is 9.59 Å². The minimum Gasteiger partial charge on any atom is -0.367 e. The van der Waals surface area contributed by atoms with Gasteiger partial charge in [0.15, 0.2) is 0 Å². The van der Waals surface area contributed by atoms with Gasteiger partial charge in [-0.05, 0) is 55.3 Å². The zero-order valence-electron chi connectivity index (χ0n) is 20.5. The fourth-order valence-corrected chi connectivity index (χ4v) is 5.07. The molecule has 1 saturated heterocycles. The summed E-state index contributed by atoms with van der Waals surface area (Å²) in [6.45, 7) is 7.05. The third-order valence-electron chi connectivity index (χ3n) is 6.35. The molecule has 2 aromatic heterocycles. The van der Waals surface area contributed by atoms with Gasteiger partial charge in [0.25, 0.3) is 5.91 Å². The van der Waals surface area contributed by atoms with Crippen molar-refractivity contribution in [3.8, 4) is 0 Å². The lowest BCUT2D eigenvalue weighted by Crippen LogP contribution is -2.32. The van der Waals surface area contributed by atoms with Crippen molar-refractivity contribution in [2.45, 2.75) is 39.3 Å². The lowest BCUT2D eigenvalue weighted by atomic mass is 10.1. The smallest absolute Gasteiger partial charge is 0.259 e. The van der Waals surface area contributed by atoms with Crippen molar-refractivity contribution in [2.75, 3.05) is 34.7 Å². The second-order valence-corrected chi connectivity index (χ2v) is 10.1. The number of nitrogens with one attached hydrogen (secondary N) is 4. The summed E-state index contributed by atoms with van der Waals surface area (Å²) in [6, 6.07) is 8.86. The van der Waals surface area contributed by atoms with Crippen molar-refractivity contribution in [2.24, 2.45) is 0 Å². The van der Waals surface area contributed by atoms with E-state index in [4.69, 9.17) is 0 Å². The monoisotopic (exact) mass is 602 g/mol. The quantitative estimate of drug-likeness (QED) is 0.209. The summed E-state index contributed by atoms with van der Waals surface area (Å²) in [4.78, 5) is 46.5. The number of H-pyrrole nitrogens is 1. The molecule has 36 heavy (non-hydrogen) atoms. The number of benzene rings is 1. The molecular weight excluding hydrogens is 571 g/mol. The average Bonchev–Trinajstić information content (AvgIpc) is 3.28. The Balaban J connectivity index is 1.59. The molecule has 190 valence electrons. The Hall–Kier alpha value is -2.99. The first-order valence-corrected chi connectivity index (χ1v) is 13.6. The van der Waals surface area contributed by atoms with Crippen molar-refractivity contribution in [3.05, 3.63) is 63.6 Å². The van der Waals surface area contributed by atoms with Gasteiger partial charge in [-0.2, -0.15) is 0 Å². The maximum Gasteiger partial charge on any atom is 0.259 e. The summed E-state index contributed by atoms with van der Waals surface area (Å²) in [6.07, 6.45) is 3.08. The molecule has 3 heterocycles. The van der Waals surface area contributed by atoms with Crippen LogP contribution in [0.3, 0.4) is 0 Å². The summed E-state index contributed by atoms with van der Waals surface area (Å²) in [5, 5.41) is 10.1. The van der Waals surface area contributed by atoms with Crippen molar-refractivity contribution in [1.82, 2.24) is 20.2 Å². The Morgan fingerprint density at radius 3 is 2.81 bits per heavy atom. The number of carbonyl (C=O) groups excluding carboxylic acids is 2. The van der Waals surface area contributed by atoms with E-state index in [9.17, 15) is 14.4 Å². The van der Waals surface area contributed by atoms with Gasteiger partial charge < -0.3 is 20.9 Å². The molecule has 2 amide bonds. The number of hydrogen-bond donors (Lipinski definition) is 4. The molecule has 1 aliphatic rings. The molecular formula is C26H31IN6O3. The second-order valence-electron chi connectivity index (χ2n) is 9.01. The summed E-state index contributed by atoms with van der Waals surface area (Å²) >= 11 is 2.36. The molecule has 0 aliphatic carbocycles. The molecule has 4 N–H and O–H groups in total. The first kappa shape index (κ1) is 26.1. The number of carbonyl (C=O) groups is 2. The van der Waals surface area contributed by atoms with Crippen LogP contribution in [0.25, 0.3) is 10.9 Å². The maximum absolute atomic E-state index is 13.5. The van der Waals surface area contributed by atoms with Crippen molar-refractivity contribution >= 4 is 56.8 Å². The first-order valence-electron chi connectivity index (χ1n) is 12.1. The molecule has 3 aromatic rings. The molecule has 0 spiro atoms. The van der Waals surface area contributed by atoms with Gasteiger partial charge in [-0.15, -0.1) is 0 Å². The van der Waals surface area contributed by atoms with E-state index < -0.39 is 0 Å². The number of pyridine rings is 2. The number of aryl methyl sites for hydroxylation is 1. The van der Waals surface area contributed by atoms with Crippen molar-refractivity contribution in [1.29, 1.82) is 0 Å². The number of aromatic amines is 1. The molecule has 1 fully saturated rings. The predicted octanol–water partition coefficient (Wildman–Crippen LogP) is 3.43. The Labute approximate surface area is 223 Å². The normalized spacial score (nSPS) is 15.3. The lowest BCUT2D eigenvalue weighted by molar-refractivity contribution is -0.119. The Morgan fingerprint density at radius 1 is 1.25 bits per heavy atom. The van der Waals surface area contributed by atoms with E-state index in [2.05, 4.69) is 60.3 Å². The molecule has 4 rings (SSSR count). The highest BCUT2D eigenvalue weighted by atomic mass is 127. The highest BCUT2D eigenvalue weighted by Crippen LogP contribution is 2.22. The number of fused-ring (bicyclic) bond motifs is 1. The van der Waals surface area contributed by atoms with E-state index in [-0.39, 0.29) is 23.4 Å². The van der Waals surface area contributed by atoms with Crippen LogP contribution >= 0.6 is 22.6 Å². The van der Waals surface area contributed by atoms with E-state index >= 15 is 0 Å². The molecule has 0 radical (unpaired) electrons. The van der Waals surface area contributed by atoms with Crippen LogP contribution in [-0.4, -0.2) is 56.8 Å². The van der Waals surface area contributed by atoms with Crippen LogP contribution in [0.15, 0.2) is 41.3 Å². The molecule has 9 nitrogen and oxygen atoms in total. The number of halogens is 1. The predicted molar refractivity (Wildman–Crippen MR) is 151 cm³/mol. The fraction of sp³-hybridized carbons (Fsp3) is 0.385. The van der Waals surface area contributed by atoms with Gasteiger partial charge in [-0.1, -0.05) is 29.5 Å². The molecule has 1 aliphatic heterocycles. The van der Waals surface area contributed by atoms with Crippen LogP contribution in [-0.2, 0) is 11.3 Å². The summed E-state index contributed by atoms with van der Waals surface area (Å²) in [5.41, 5.74) is 3.43. The largest absolute Gasteiger partial charge is 0.367 e. The SMILES string of the molecule is CCN(CCI)Cc1cnc(NCC2CCC(=O)N2)c(C(=O)Nc2ccc3[nH]c(=O)cc(C)c3c2)c1. The van der Waals surface area contributed by atoms with Gasteiger partial charge in [0.2, 0.25) is 11.5 Å². The van der Waals surface area contributed by atoms with E-state index in [0.29, 0.717) is 36.6 Å². The minimum atomic E-state index is -0.277. The highest BCUT2D eigenvalue weighted by Gasteiger charge is 2.22. The first-order chi connectivity index (χ1) is 17.4. The minimum absolute atomic E-state index is 0.0137. The topological polar surface area (TPSA) is 119 Å². The van der Waals surface area contributed by atoms with Crippen LogP contribution in [0, 0.1) is 6.92 Å². The Morgan fingerprint density at radius 2 is 2.08 bits per heavy atom. The summed E-state index contributed by atoms with van der Waals surface area (Å²) in [5.74, 6) is 0.252. The standard InChI is InChI=1S/C26H31IN6O3/c1-3-33(9-8-27)15-17-11-21(25(28-13-17)29-14-19-5-7-23(34)30-19)26(36)31-18-4-6-22-20(12-18)16(2)10-24(35)32-22/h4,6,10-13,19H,3,5,7-9,14-15H2,1-2H3,(H,28,29)(H,30,34)(H,31,36)(H,32,35). The molecule has 0 bridgehead atoms. The number of nitrogens with zero attached hydrogens (tertiary/aromatic N) is 2. The van der Waals surface area contributed by atoms with Gasteiger partial charge in [-0.3, -0.25) is 19.3 Å². The van der Waals surface area contributed by atoms with Gasteiger partial charge in [-0.25, -0.2) is 4.98 Å². The third kappa shape index (κ3) is 6.41. The average molecular weight is 602 g/mol. The van der Waals surface area contributed by atoms with Crippen LogP contribution in [0.2, 0.25) is 0 Å². The van der Waals surface area contributed by atoms with Gasteiger partial charge >= 0.3 is 0 Å². The van der Waals surface area contributed by atoms with E-state index in [1.165, 1.54) is 0 Å². The van der Waals surface area contributed by atoms with E-state index in [0.717, 1.165) is 46.0 Å². The number of hydrogen-bond acceptors (Lipinski definition) is 6. The van der Waals surface area contributed by atoms with Gasteiger partial charge in [0.05, 0.1) is 5.56 Å². The number of rotatable bonds is 10. The number of aromatic nitrogens is 2. The number of amides is 2. The lowest BCUT2D eigenvalue weighted by Gasteiger charge is -2.20. The highest BCUT2D eigenvalue weighted by molar-refractivity contribution is 14.1. The molecule has 1 aromatic carbocycles. The van der Waals surface area contributed by atoms with Crippen molar-refractivity contribution in [3.63, 3.8) is 0 Å². The van der Waals surface area contributed by atoms with Gasteiger partial charge in [0.1, 0.15) is 5.82 Å². The van der Waals surface area contributed by atoms with E-state index in [1.807, 2.05) is 19.1 Å². The maximum atomic E-state index is 13.5. The van der Waals surface area contributed by atoms with Crippen LogP contribution in [0.4, 0.5) is 11.5 Å². The van der Waals surface area contributed by atoms with Crippen LogP contribution < -0.4 is 21.5 Å². The van der Waals surface area contributed by atoms with Crippen LogP contribution in [0.5, 0.6) is 0 Å². The van der Waals surface area contributed by atoms with Crippen LogP contribution in [0.1, 0.15) is 41.3 Å². The molecule has 0 saturated carbocycles. The second kappa shape index (κ2) is 11.8. The molecule has 1 unspecified atom stereocenters. The number of anilines is 2. The zero-order chi connectivity index (χ0) is 25.7. The Kier molecular flexibility index (Phi) is 8.57. The summed E-state index contributed by atoms with van der Waals surface area (Å²) in [7, 11) is 0. The van der Waals surface area contributed by atoms with Gasteiger partial charge in [0, 0.05) is 65.4 Å². The van der Waals surface area contributed by atoms with E-state index in [1.54, 1.807) is 24.4 Å². The third-order valence-corrected chi connectivity index (χ3v) is 6.83.